The van der Waals surface area contributed by atoms with E-state index in [9.17, 15) is 4.79 Å². The summed E-state index contributed by atoms with van der Waals surface area (Å²) in [5.41, 5.74) is 4.95. The molecule has 0 bridgehead atoms. The molecule has 3 nitrogen and oxygen atoms in total. The maximum Gasteiger partial charge on any atom is 0.266 e. The molecule has 0 radical (unpaired) electrons. The number of nitrogens with zero attached hydrogens (tertiary/aromatic N) is 1. The SMILES string of the molecule is Cc1ccc(Cc2c(C)[nH]c(=O)c(C#N)c2C)cc1. The summed E-state index contributed by atoms with van der Waals surface area (Å²) in [6.07, 6.45) is 0.726. The van der Waals surface area contributed by atoms with Crippen LogP contribution in [0.4, 0.5) is 0 Å². The van der Waals surface area contributed by atoms with Crippen molar-refractivity contribution in [1.29, 1.82) is 5.26 Å². The monoisotopic (exact) mass is 252 g/mol. The number of nitriles is 1. The normalized spacial score (nSPS) is 10.2. The van der Waals surface area contributed by atoms with Gasteiger partial charge in [-0.05, 0) is 43.9 Å². The molecule has 0 fully saturated rings. The van der Waals surface area contributed by atoms with Gasteiger partial charge in [0.15, 0.2) is 0 Å². The first-order valence-electron chi connectivity index (χ1n) is 6.21. The van der Waals surface area contributed by atoms with Crippen LogP contribution in [0.2, 0.25) is 0 Å². The molecular weight excluding hydrogens is 236 g/mol. The van der Waals surface area contributed by atoms with Crippen molar-refractivity contribution >= 4 is 0 Å². The third kappa shape index (κ3) is 2.58. The highest BCUT2D eigenvalue weighted by Crippen LogP contribution is 2.17. The fourth-order valence-electron chi connectivity index (χ4n) is 2.22. The second-order valence-corrected chi connectivity index (χ2v) is 4.83. The summed E-state index contributed by atoms with van der Waals surface area (Å²) >= 11 is 0. The molecule has 1 aromatic heterocycles. The van der Waals surface area contributed by atoms with Gasteiger partial charge in [0, 0.05) is 5.69 Å². The van der Waals surface area contributed by atoms with Gasteiger partial charge in [0.25, 0.3) is 5.56 Å². The van der Waals surface area contributed by atoms with E-state index in [1.165, 1.54) is 11.1 Å². The Hall–Kier alpha value is -2.34. The lowest BCUT2D eigenvalue weighted by atomic mass is 9.96. The first kappa shape index (κ1) is 13.1. The number of hydrogen-bond acceptors (Lipinski definition) is 2. The van der Waals surface area contributed by atoms with E-state index in [0.29, 0.717) is 0 Å². The molecule has 2 aromatic rings. The molecule has 0 amide bonds. The molecule has 1 heterocycles. The summed E-state index contributed by atoms with van der Waals surface area (Å²) in [6.45, 7) is 5.76. The van der Waals surface area contributed by atoms with Crippen molar-refractivity contribution in [1.82, 2.24) is 4.98 Å². The maximum absolute atomic E-state index is 11.7. The molecule has 1 aromatic carbocycles. The van der Waals surface area contributed by atoms with Crippen LogP contribution >= 0.6 is 0 Å². The van der Waals surface area contributed by atoms with Crippen molar-refractivity contribution in [2.75, 3.05) is 0 Å². The van der Waals surface area contributed by atoms with Crippen LogP contribution in [-0.2, 0) is 6.42 Å². The number of H-pyrrole nitrogens is 1. The van der Waals surface area contributed by atoms with Gasteiger partial charge in [0.05, 0.1) is 0 Å². The number of hydrogen-bond donors (Lipinski definition) is 1. The minimum absolute atomic E-state index is 0.215. The third-order valence-corrected chi connectivity index (χ3v) is 3.42. The Labute approximate surface area is 112 Å². The Morgan fingerprint density at radius 3 is 2.37 bits per heavy atom. The molecule has 0 aliphatic carbocycles. The summed E-state index contributed by atoms with van der Waals surface area (Å²) in [5, 5.41) is 9.05. The Balaban J connectivity index is 2.49. The van der Waals surface area contributed by atoms with Crippen LogP contribution in [0, 0.1) is 32.1 Å². The quantitative estimate of drug-likeness (QED) is 0.893. The predicted octanol–water partition coefficient (Wildman–Crippen LogP) is 2.76. The molecule has 0 aliphatic heterocycles. The third-order valence-electron chi connectivity index (χ3n) is 3.42. The Morgan fingerprint density at radius 2 is 1.79 bits per heavy atom. The average molecular weight is 252 g/mol. The van der Waals surface area contributed by atoms with Gasteiger partial charge in [0.1, 0.15) is 11.6 Å². The summed E-state index contributed by atoms with van der Waals surface area (Å²) < 4.78 is 0. The zero-order valence-electron chi connectivity index (χ0n) is 11.4. The number of aromatic amines is 1. The average Bonchev–Trinajstić information content (AvgIpc) is 2.37. The van der Waals surface area contributed by atoms with Crippen LogP contribution < -0.4 is 5.56 Å². The fraction of sp³-hybridized carbons (Fsp3) is 0.250. The van der Waals surface area contributed by atoms with E-state index in [2.05, 4.69) is 29.2 Å². The van der Waals surface area contributed by atoms with Gasteiger partial charge in [-0.1, -0.05) is 29.8 Å². The van der Waals surface area contributed by atoms with Gasteiger partial charge < -0.3 is 4.98 Å². The van der Waals surface area contributed by atoms with Gasteiger partial charge in [-0.2, -0.15) is 5.26 Å². The number of benzene rings is 1. The van der Waals surface area contributed by atoms with E-state index >= 15 is 0 Å². The highest BCUT2D eigenvalue weighted by Gasteiger charge is 2.12. The van der Waals surface area contributed by atoms with Crippen molar-refractivity contribution in [3.8, 4) is 6.07 Å². The van der Waals surface area contributed by atoms with Crippen LogP contribution in [-0.4, -0.2) is 4.98 Å². The lowest BCUT2D eigenvalue weighted by Gasteiger charge is -2.11. The Kier molecular flexibility index (Phi) is 3.52. The largest absolute Gasteiger partial charge is 0.325 e. The highest BCUT2D eigenvalue weighted by molar-refractivity contribution is 5.44. The number of aryl methyl sites for hydroxylation is 2. The molecule has 0 saturated heterocycles. The zero-order chi connectivity index (χ0) is 14.0. The van der Waals surface area contributed by atoms with Crippen LogP contribution in [0.5, 0.6) is 0 Å². The fourth-order valence-corrected chi connectivity index (χ4v) is 2.22. The first-order valence-corrected chi connectivity index (χ1v) is 6.21. The Bertz CT molecular complexity index is 703. The molecule has 0 unspecified atom stereocenters. The minimum atomic E-state index is -0.301. The van der Waals surface area contributed by atoms with E-state index in [0.717, 1.165) is 23.2 Å². The van der Waals surface area contributed by atoms with E-state index in [4.69, 9.17) is 5.26 Å². The smallest absolute Gasteiger partial charge is 0.266 e. The number of rotatable bonds is 2. The Morgan fingerprint density at radius 1 is 1.16 bits per heavy atom. The molecule has 2 rings (SSSR count). The van der Waals surface area contributed by atoms with Crippen molar-refractivity contribution in [2.24, 2.45) is 0 Å². The van der Waals surface area contributed by atoms with Gasteiger partial charge in [-0.25, -0.2) is 0 Å². The lowest BCUT2D eigenvalue weighted by Crippen LogP contribution is -2.16. The minimum Gasteiger partial charge on any atom is -0.325 e. The number of pyridine rings is 1. The summed E-state index contributed by atoms with van der Waals surface area (Å²) in [4.78, 5) is 14.4. The first-order chi connectivity index (χ1) is 9.02. The molecule has 1 N–H and O–H groups in total. The maximum atomic E-state index is 11.7. The van der Waals surface area contributed by atoms with Crippen LogP contribution in [0.25, 0.3) is 0 Å². The number of aromatic nitrogens is 1. The van der Waals surface area contributed by atoms with Crippen molar-refractivity contribution in [3.05, 3.63) is 68.1 Å². The predicted molar refractivity (Wildman–Crippen MR) is 75.2 cm³/mol. The summed E-state index contributed by atoms with van der Waals surface area (Å²) in [6, 6.07) is 10.3. The van der Waals surface area contributed by atoms with E-state index in [-0.39, 0.29) is 11.1 Å². The molecule has 19 heavy (non-hydrogen) atoms. The summed E-state index contributed by atoms with van der Waals surface area (Å²) in [7, 11) is 0. The standard InChI is InChI=1S/C16H16N2O/c1-10-4-6-13(7-5-10)8-14-11(2)15(9-17)16(19)18-12(14)3/h4-7H,8H2,1-3H3,(H,18,19). The lowest BCUT2D eigenvalue weighted by molar-refractivity contribution is 1.01. The van der Waals surface area contributed by atoms with Crippen molar-refractivity contribution < 1.29 is 0 Å². The van der Waals surface area contributed by atoms with Gasteiger partial charge in [-0.3, -0.25) is 4.79 Å². The van der Waals surface area contributed by atoms with Gasteiger partial charge in [0.2, 0.25) is 0 Å². The molecule has 0 atom stereocenters. The molecule has 0 spiro atoms. The van der Waals surface area contributed by atoms with Crippen LogP contribution in [0.3, 0.4) is 0 Å². The van der Waals surface area contributed by atoms with Gasteiger partial charge >= 0.3 is 0 Å². The number of nitrogens with one attached hydrogen (secondary N) is 1. The van der Waals surface area contributed by atoms with E-state index < -0.39 is 0 Å². The van der Waals surface area contributed by atoms with Crippen LogP contribution in [0.1, 0.15) is 33.5 Å². The summed E-state index contributed by atoms with van der Waals surface area (Å²) in [5.74, 6) is 0. The van der Waals surface area contributed by atoms with E-state index in [1.54, 1.807) is 0 Å². The highest BCUT2D eigenvalue weighted by atomic mass is 16.1. The topological polar surface area (TPSA) is 56.6 Å². The second kappa shape index (κ2) is 5.11. The van der Waals surface area contributed by atoms with Gasteiger partial charge in [-0.15, -0.1) is 0 Å². The molecule has 96 valence electrons. The molecule has 0 saturated carbocycles. The second-order valence-electron chi connectivity index (χ2n) is 4.83. The van der Waals surface area contributed by atoms with Crippen LogP contribution in [0.15, 0.2) is 29.1 Å². The van der Waals surface area contributed by atoms with E-state index in [1.807, 2.05) is 26.8 Å². The molecule has 0 aliphatic rings. The van der Waals surface area contributed by atoms with Crippen molar-refractivity contribution in [2.45, 2.75) is 27.2 Å². The molecular formula is C16H16N2O. The zero-order valence-corrected chi connectivity index (χ0v) is 11.4. The van der Waals surface area contributed by atoms with Crippen molar-refractivity contribution in [3.63, 3.8) is 0 Å². The molecule has 3 heteroatoms.